The van der Waals surface area contributed by atoms with E-state index in [4.69, 9.17) is 13.8 Å². The lowest BCUT2D eigenvalue weighted by Crippen LogP contribution is -2.32. The van der Waals surface area contributed by atoms with Gasteiger partial charge in [0.2, 0.25) is 0 Å². The van der Waals surface area contributed by atoms with Crippen molar-refractivity contribution in [2.75, 3.05) is 6.61 Å². The molecule has 0 fully saturated rings. The summed E-state index contributed by atoms with van der Waals surface area (Å²) in [7, 11) is -4.02. The van der Waals surface area contributed by atoms with Crippen molar-refractivity contribution in [2.24, 2.45) is 5.92 Å². The molecule has 0 amide bonds. The summed E-state index contributed by atoms with van der Waals surface area (Å²) in [5, 5.41) is 0. The van der Waals surface area contributed by atoms with E-state index in [-0.39, 0.29) is 24.4 Å². The fourth-order valence-corrected chi connectivity index (χ4v) is 5.69. The van der Waals surface area contributed by atoms with Gasteiger partial charge in [0.15, 0.2) is 5.66 Å². The van der Waals surface area contributed by atoms with Crippen molar-refractivity contribution < 1.29 is 23.1 Å². The smallest absolute Gasteiger partial charge is 0.445 e. The molecule has 5 nitrogen and oxygen atoms in total. The summed E-state index contributed by atoms with van der Waals surface area (Å²) in [6.07, 6.45) is 0. The van der Waals surface area contributed by atoms with Crippen LogP contribution in [0.2, 0.25) is 0 Å². The number of rotatable bonds is 10. The van der Waals surface area contributed by atoms with Crippen molar-refractivity contribution in [2.45, 2.75) is 66.0 Å². The van der Waals surface area contributed by atoms with E-state index in [1.807, 2.05) is 77.9 Å². The van der Waals surface area contributed by atoms with Crippen LogP contribution in [0.15, 0.2) is 48.5 Å². The minimum Gasteiger partial charge on any atom is -0.465 e. The Bertz CT molecular complexity index is 862. The van der Waals surface area contributed by atoms with Gasteiger partial charge in [-0.05, 0) is 47.9 Å². The molecule has 0 bridgehead atoms. The maximum Gasteiger partial charge on any atom is 0.445 e. The Balaban J connectivity index is 2.62. The number of hydrogen-bond donors (Lipinski definition) is 0. The first-order valence-electron chi connectivity index (χ1n) is 10.9. The van der Waals surface area contributed by atoms with Crippen molar-refractivity contribution in [1.82, 2.24) is 0 Å². The van der Waals surface area contributed by atoms with E-state index in [1.54, 1.807) is 19.1 Å². The van der Waals surface area contributed by atoms with Crippen LogP contribution < -0.4 is 9.05 Å². The van der Waals surface area contributed by atoms with E-state index in [0.29, 0.717) is 11.5 Å². The zero-order chi connectivity index (χ0) is 23.2. The SMILES string of the molecule is CCOC(=O)C(C(C)C)P(=O)(Oc1ccccc1C(C)C)Oc1ccccc1C(C)C. The molecule has 0 N–H and O–H groups in total. The number of carbonyl (C=O) groups is 1. The Kier molecular flexibility index (Phi) is 8.76. The van der Waals surface area contributed by atoms with Gasteiger partial charge in [0, 0.05) is 0 Å². The maximum absolute atomic E-state index is 14.4. The van der Waals surface area contributed by atoms with Gasteiger partial charge in [-0.1, -0.05) is 77.9 Å². The third kappa shape index (κ3) is 6.13. The summed E-state index contributed by atoms with van der Waals surface area (Å²) >= 11 is 0. The average Bonchev–Trinajstić information content (AvgIpc) is 2.68. The molecule has 0 saturated carbocycles. The third-order valence-electron chi connectivity index (χ3n) is 5.03. The lowest BCUT2D eigenvalue weighted by Gasteiger charge is -2.30. The highest BCUT2D eigenvalue weighted by atomic mass is 31.2. The molecule has 0 saturated heterocycles. The maximum atomic E-state index is 14.4. The second-order valence-corrected chi connectivity index (χ2v) is 10.5. The van der Waals surface area contributed by atoms with Crippen LogP contribution >= 0.6 is 7.60 Å². The summed E-state index contributed by atoms with van der Waals surface area (Å²) in [5.74, 6) is 0.309. The predicted molar refractivity (Wildman–Crippen MR) is 125 cm³/mol. The molecule has 1 atom stereocenters. The molecule has 170 valence electrons. The second-order valence-electron chi connectivity index (χ2n) is 8.55. The molecular weight excluding hydrogens is 411 g/mol. The lowest BCUT2D eigenvalue weighted by molar-refractivity contribution is -0.143. The highest BCUT2D eigenvalue weighted by molar-refractivity contribution is 7.56. The number of esters is 1. The number of benzene rings is 2. The fraction of sp³-hybridized carbons (Fsp3) is 0.480. The van der Waals surface area contributed by atoms with E-state index < -0.39 is 19.2 Å². The normalized spacial score (nSPS) is 12.8. The highest BCUT2D eigenvalue weighted by Crippen LogP contribution is 2.57. The Morgan fingerprint density at radius 2 is 1.23 bits per heavy atom. The van der Waals surface area contributed by atoms with Crippen molar-refractivity contribution >= 4 is 13.6 Å². The monoisotopic (exact) mass is 446 g/mol. The molecule has 6 heteroatoms. The Morgan fingerprint density at radius 1 is 0.806 bits per heavy atom. The van der Waals surface area contributed by atoms with Crippen LogP contribution in [-0.2, 0) is 14.1 Å². The van der Waals surface area contributed by atoms with Crippen molar-refractivity contribution in [3.8, 4) is 11.5 Å². The van der Waals surface area contributed by atoms with E-state index >= 15 is 0 Å². The molecular formula is C25H35O5P. The van der Waals surface area contributed by atoms with Gasteiger partial charge in [-0.15, -0.1) is 0 Å². The molecule has 2 rings (SSSR count). The molecule has 0 aliphatic heterocycles. The highest BCUT2D eigenvalue weighted by Gasteiger charge is 2.48. The third-order valence-corrected chi connectivity index (χ3v) is 7.42. The predicted octanol–water partition coefficient (Wildman–Crippen LogP) is 7.17. The van der Waals surface area contributed by atoms with Gasteiger partial charge < -0.3 is 13.8 Å². The number of ether oxygens (including phenoxy) is 1. The molecule has 0 aliphatic carbocycles. The van der Waals surface area contributed by atoms with Gasteiger partial charge in [-0.25, -0.2) is 4.57 Å². The molecule has 0 aliphatic rings. The van der Waals surface area contributed by atoms with Crippen LogP contribution in [0.5, 0.6) is 11.5 Å². The summed E-state index contributed by atoms with van der Waals surface area (Å²) in [6.45, 7) is 13.7. The molecule has 1 unspecified atom stereocenters. The molecule has 31 heavy (non-hydrogen) atoms. The van der Waals surface area contributed by atoms with Crippen LogP contribution in [-0.4, -0.2) is 18.2 Å². The second kappa shape index (κ2) is 10.9. The summed E-state index contributed by atoms with van der Waals surface area (Å²) < 4.78 is 32.0. The quantitative estimate of drug-likeness (QED) is 0.286. The number of para-hydroxylation sites is 2. The molecule has 0 spiro atoms. The zero-order valence-electron chi connectivity index (χ0n) is 19.6. The topological polar surface area (TPSA) is 61.8 Å². The molecule has 2 aromatic rings. The molecule has 2 aromatic carbocycles. The van der Waals surface area contributed by atoms with Gasteiger partial charge in [0.05, 0.1) is 6.61 Å². The minimum absolute atomic E-state index is 0.146. The first-order chi connectivity index (χ1) is 14.6. The van der Waals surface area contributed by atoms with Crippen LogP contribution in [0.4, 0.5) is 0 Å². The average molecular weight is 447 g/mol. The minimum atomic E-state index is -4.02. The number of carbonyl (C=O) groups excluding carboxylic acids is 1. The van der Waals surface area contributed by atoms with Gasteiger partial charge >= 0.3 is 13.6 Å². The van der Waals surface area contributed by atoms with Gasteiger partial charge in [-0.3, -0.25) is 4.79 Å². The molecule has 0 aromatic heterocycles. The van der Waals surface area contributed by atoms with E-state index in [1.165, 1.54) is 0 Å². The van der Waals surface area contributed by atoms with Crippen LogP contribution in [0.25, 0.3) is 0 Å². The molecule has 0 radical (unpaired) electrons. The van der Waals surface area contributed by atoms with Gasteiger partial charge in [0.1, 0.15) is 11.5 Å². The van der Waals surface area contributed by atoms with E-state index in [0.717, 1.165) is 11.1 Å². The van der Waals surface area contributed by atoms with Crippen LogP contribution in [0.3, 0.4) is 0 Å². The van der Waals surface area contributed by atoms with Crippen molar-refractivity contribution in [3.63, 3.8) is 0 Å². The van der Waals surface area contributed by atoms with Gasteiger partial charge in [0.25, 0.3) is 0 Å². The first-order valence-corrected chi connectivity index (χ1v) is 12.5. The lowest BCUT2D eigenvalue weighted by atomic mass is 10.0. The Hall–Kier alpha value is -2.26. The zero-order valence-corrected chi connectivity index (χ0v) is 20.5. The Morgan fingerprint density at radius 3 is 1.58 bits per heavy atom. The fourth-order valence-electron chi connectivity index (χ4n) is 3.48. The number of hydrogen-bond acceptors (Lipinski definition) is 5. The van der Waals surface area contributed by atoms with Crippen LogP contribution in [0, 0.1) is 5.92 Å². The largest absolute Gasteiger partial charge is 0.465 e. The Labute approximate surface area is 186 Å². The summed E-state index contributed by atoms with van der Waals surface area (Å²) in [5.41, 5.74) is 0.734. The van der Waals surface area contributed by atoms with Gasteiger partial charge in [-0.2, -0.15) is 0 Å². The van der Waals surface area contributed by atoms with E-state index in [2.05, 4.69) is 0 Å². The first kappa shape index (κ1) is 25.0. The standard InChI is InChI=1S/C25H35O5P/c1-8-28-25(26)24(19(6)7)31(27,29-22-15-11-9-13-20(22)17(2)3)30-23-16-12-10-14-21(23)18(4)5/h9-19,24H,8H2,1-7H3. The van der Waals surface area contributed by atoms with Crippen LogP contribution in [0.1, 0.15) is 71.4 Å². The van der Waals surface area contributed by atoms with Crippen molar-refractivity contribution in [1.29, 1.82) is 0 Å². The summed E-state index contributed by atoms with van der Waals surface area (Å²) in [4.78, 5) is 12.9. The summed E-state index contributed by atoms with van der Waals surface area (Å²) in [6, 6.07) is 14.9. The molecule has 0 heterocycles. The van der Waals surface area contributed by atoms with E-state index in [9.17, 15) is 9.36 Å². The van der Waals surface area contributed by atoms with Crippen molar-refractivity contribution in [3.05, 3.63) is 59.7 Å².